The zero-order valence-electron chi connectivity index (χ0n) is 11.9. The molecule has 0 radical (unpaired) electrons. The first-order chi connectivity index (χ1) is 9.52. The molecule has 0 aromatic carbocycles. The molecule has 1 aromatic heterocycles. The van der Waals surface area contributed by atoms with Crippen LogP contribution in [-0.2, 0) is 17.6 Å². The molecule has 0 saturated heterocycles. The molecule has 0 bridgehead atoms. The van der Waals surface area contributed by atoms with Gasteiger partial charge in [0.15, 0.2) is 0 Å². The Labute approximate surface area is 118 Å². The van der Waals surface area contributed by atoms with Crippen LogP contribution in [0.4, 0.5) is 5.82 Å². The van der Waals surface area contributed by atoms with E-state index in [1.807, 2.05) is 19.9 Å². The monoisotopic (exact) mass is 273 g/mol. The van der Waals surface area contributed by atoms with Crippen LogP contribution in [0.2, 0.25) is 0 Å². The molecule has 2 rings (SSSR count). The van der Waals surface area contributed by atoms with Crippen molar-refractivity contribution < 1.29 is 9.90 Å². The van der Waals surface area contributed by atoms with Gasteiger partial charge in [-0.05, 0) is 51.2 Å². The molecule has 0 atom stereocenters. The zero-order chi connectivity index (χ0) is 14.7. The van der Waals surface area contributed by atoms with Gasteiger partial charge in [0.05, 0.1) is 5.56 Å². The minimum absolute atomic E-state index is 0.0210. The topological polar surface area (TPSA) is 77.2 Å². The molecule has 0 spiro atoms. The first-order valence-corrected chi connectivity index (χ1v) is 6.94. The number of pyridine rings is 1. The lowest BCUT2D eigenvalue weighted by molar-refractivity contribution is -0.135. The van der Waals surface area contributed by atoms with E-state index in [9.17, 15) is 10.1 Å². The Morgan fingerprint density at radius 2 is 2.20 bits per heavy atom. The van der Waals surface area contributed by atoms with Gasteiger partial charge in [-0.25, -0.2) is 4.98 Å². The smallest absolute Gasteiger partial charge is 0.323 e. The largest absolute Gasteiger partial charge is 0.480 e. The molecule has 0 fully saturated rings. The molecule has 1 aliphatic carbocycles. The van der Waals surface area contributed by atoms with E-state index >= 15 is 0 Å². The minimum Gasteiger partial charge on any atom is -0.480 e. The molecule has 5 heteroatoms. The molecule has 1 aromatic rings. The quantitative estimate of drug-likeness (QED) is 0.909. The van der Waals surface area contributed by atoms with Crippen LogP contribution in [0.25, 0.3) is 0 Å². The van der Waals surface area contributed by atoms with Gasteiger partial charge in [0, 0.05) is 11.7 Å². The highest BCUT2D eigenvalue weighted by molar-refractivity contribution is 5.74. The van der Waals surface area contributed by atoms with E-state index in [-0.39, 0.29) is 12.6 Å². The average molecular weight is 273 g/mol. The molecule has 106 valence electrons. The number of carboxylic acids is 1. The summed E-state index contributed by atoms with van der Waals surface area (Å²) in [6.45, 7) is 3.68. The minimum atomic E-state index is -0.915. The number of aliphatic carboxylic acids is 1. The summed E-state index contributed by atoms with van der Waals surface area (Å²) in [6, 6.07) is 4.02. The molecule has 0 aliphatic heterocycles. The van der Waals surface area contributed by atoms with E-state index in [1.54, 1.807) is 4.90 Å². The Morgan fingerprint density at radius 3 is 2.80 bits per heavy atom. The number of aryl methyl sites for hydroxylation is 2. The zero-order valence-corrected chi connectivity index (χ0v) is 11.9. The van der Waals surface area contributed by atoms with Crippen molar-refractivity contribution in [2.45, 2.75) is 45.6 Å². The molecule has 1 N–H and O–H groups in total. The van der Waals surface area contributed by atoms with Gasteiger partial charge < -0.3 is 10.0 Å². The second-order valence-electron chi connectivity index (χ2n) is 5.40. The van der Waals surface area contributed by atoms with Crippen molar-refractivity contribution in [1.29, 1.82) is 5.26 Å². The van der Waals surface area contributed by atoms with Gasteiger partial charge in [-0.1, -0.05) is 0 Å². The fourth-order valence-electron chi connectivity index (χ4n) is 2.57. The van der Waals surface area contributed by atoms with Crippen molar-refractivity contribution in [3.8, 4) is 6.07 Å². The summed E-state index contributed by atoms with van der Waals surface area (Å²) in [5.41, 5.74) is 2.62. The van der Waals surface area contributed by atoms with Crippen LogP contribution in [0.5, 0.6) is 0 Å². The fraction of sp³-hybridized carbons (Fsp3) is 0.533. The molecule has 5 nitrogen and oxygen atoms in total. The molecule has 20 heavy (non-hydrogen) atoms. The molecular weight excluding hydrogens is 254 g/mol. The number of nitriles is 1. The van der Waals surface area contributed by atoms with Gasteiger partial charge in [0.1, 0.15) is 18.4 Å². The number of rotatable bonds is 4. The summed E-state index contributed by atoms with van der Waals surface area (Å²) in [5, 5.41) is 18.4. The van der Waals surface area contributed by atoms with Crippen LogP contribution in [0.1, 0.15) is 43.5 Å². The summed E-state index contributed by atoms with van der Waals surface area (Å²) in [6.07, 6.45) is 4.10. The predicted octanol–water partition coefficient (Wildman–Crippen LogP) is 2.13. The normalized spacial score (nSPS) is 13.7. The van der Waals surface area contributed by atoms with Gasteiger partial charge >= 0.3 is 5.97 Å². The van der Waals surface area contributed by atoms with Crippen molar-refractivity contribution in [3.05, 3.63) is 22.9 Å². The summed E-state index contributed by atoms with van der Waals surface area (Å²) >= 11 is 0. The summed E-state index contributed by atoms with van der Waals surface area (Å²) in [4.78, 5) is 17.3. The van der Waals surface area contributed by atoms with Crippen LogP contribution in [0.15, 0.2) is 6.07 Å². The average Bonchev–Trinajstić information content (AvgIpc) is 2.42. The highest BCUT2D eigenvalue weighted by Crippen LogP contribution is 2.27. The standard InChI is InChI=1S/C15H19N3O2/c1-10(2)18(9-14(19)20)15-12(8-16)7-11-5-3-4-6-13(11)17-15/h7,10H,3-6,9H2,1-2H3,(H,19,20). The molecule has 1 aliphatic rings. The number of hydrogen-bond donors (Lipinski definition) is 1. The lowest BCUT2D eigenvalue weighted by Gasteiger charge is -2.28. The molecule has 1 heterocycles. The van der Waals surface area contributed by atoms with Gasteiger partial charge in [-0.15, -0.1) is 0 Å². The number of aromatic nitrogens is 1. The molecule has 0 unspecified atom stereocenters. The third kappa shape index (κ3) is 2.90. The number of hydrogen-bond acceptors (Lipinski definition) is 4. The van der Waals surface area contributed by atoms with Gasteiger partial charge in [-0.3, -0.25) is 4.79 Å². The highest BCUT2D eigenvalue weighted by Gasteiger charge is 2.22. The maximum Gasteiger partial charge on any atom is 0.323 e. The number of carboxylic acid groups (broad SMARTS) is 1. The van der Waals surface area contributed by atoms with E-state index in [0.717, 1.165) is 36.9 Å². The van der Waals surface area contributed by atoms with E-state index in [1.165, 1.54) is 0 Å². The molecule has 0 saturated carbocycles. The van der Waals surface area contributed by atoms with Crippen LogP contribution in [0.3, 0.4) is 0 Å². The first kappa shape index (κ1) is 14.3. The van der Waals surface area contributed by atoms with Crippen molar-refractivity contribution in [3.63, 3.8) is 0 Å². The SMILES string of the molecule is CC(C)N(CC(=O)O)c1nc2c(cc1C#N)CCCC2. The summed E-state index contributed by atoms with van der Waals surface area (Å²) < 4.78 is 0. The molecular formula is C15H19N3O2. The van der Waals surface area contributed by atoms with Crippen molar-refractivity contribution in [1.82, 2.24) is 4.98 Å². The van der Waals surface area contributed by atoms with Crippen LogP contribution < -0.4 is 4.90 Å². The van der Waals surface area contributed by atoms with E-state index in [0.29, 0.717) is 11.4 Å². The Balaban J connectivity index is 2.47. The molecule has 0 amide bonds. The number of nitrogens with zero attached hydrogens (tertiary/aromatic N) is 3. The summed E-state index contributed by atoms with van der Waals surface area (Å²) in [5.74, 6) is -0.410. The number of carbonyl (C=O) groups is 1. The van der Waals surface area contributed by atoms with E-state index in [4.69, 9.17) is 5.11 Å². The fourth-order valence-corrected chi connectivity index (χ4v) is 2.57. The Morgan fingerprint density at radius 1 is 1.50 bits per heavy atom. The predicted molar refractivity (Wildman–Crippen MR) is 75.7 cm³/mol. The van der Waals surface area contributed by atoms with Crippen LogP contribution in [0, 0.1) is 11.3 Å². The van der Waals surface area contributed by atoms with Gasteiger partial charge in [0.2, 0.25) is 0 Å². The third-order valence-corrected chi connectivity index (χ3v) is 3.60. The highest BCUT2D eigenvalue weighted by atomic mass is 16.4. The lowest BCUT2D eigenvalue weighted by atomic mass is 9.94. The van der Waals surface area contributed by atoms with Gasteiger partial charge in [-0.2, -0.15) is 5.26 Å². The lowest BCUT2D eigenvalue weighted by Crippen LogP contribution is -2.37. The number of fused-ring (bicyclic) bond motifs is 1. The van der Waals surface area contributed by atoms with Crippen molar-refractivity contribution >= 4 is 11.8 Å². The van der Waals surface area contributed by atoms with E-state index in [2.05, 4.69) is 11.1 Å². The van der Waals surface area contributed by atoms with Crippen molar-refractivity contribution in [2.24, 2.45) is 0 Å². The number of anilines is 1. The van der Waals surface area contributed by atoms with Crippen LogP contribution >= 0.6 is 0 Å². The van der Waals surface area contributed by atoms with Gasteiger partial charge in [0.25, 0.3) is 0 Å². The first-order valence-electron chi connectivity index (χ1n) is 6.94. The Hall–Kier alpha value is -2.09. The van der Waals surface area contributed by atoms with Crippen LogP contribution in [-0.4, -0.2) is 28.6 Å². The van der Waals surface area contributed by atoms with E-state index < -0.39 is 5.97 Å². The third-order valence-electron chi connectivity index (χ3n) is 3.60. The Kier molecular flexibility index (Phi) is 4.23. The second kappa shape index (κ2) is 5.91. The summed E-state index contributed by atoms with van der Waals surface area (Å²) in [7, 11) is 0. The maximum absolute atomic E-state index is 11.0. The second-order valence-corrected chi connectivity index (χ2v) is 5.40. The van der Waals surface area contributed by atoms with Crippen molar-refractivity contribution in [2.75, 3.05) is 11.4 Å². The Bertz CT molecular complexity index is 561. The maximum atomic E-state index is 11.0.